The van der Waals surface area contributed by atoms with E-state index in [1.165, 1.54) is 30.6 Å². The van der Waals surface area contributed by atoms with Gasteiger partial charge in [0, 0.05) is 63.2 Å². The second-order valence-corrected chi connectivity index (χ2v) is 10.8. The van der Waals surface area contributed by atoms with Crippen molar-refractivity contribution in [2.75, 3.05) is 59.5 Å². The lowest BCUT2D eigenvalue weighted by molar-refractivity contribution is 0.165. The van der Waals surface area contributed by atoms with Crippen LogP contribution < -0.4 is 0 Å². The van der Waals surface area contributed by atoms with Crippen LogP contribution in [-0.4, -0.2) is 89.1 Å². The third-order valence-electron chi connectivity index (χ3n) is 7.11. The highest BCUT2D eigenvalue weighted by Crippen LogP contribution is 2.30. The first-order chi connectivity index (χ1) is 15.3. The van der Waals surface area contributed by atoms with E-state index in [-0.39, 0.29) is 12.1 Å². The molecule has 0 saturated carbocycles. The Morgan fingerprint density at radius 1 is 0.969 bits per heavy atom. The van der Waals surface area contributed by atoms with E-state index in [0.29, 0.717) is 11.8 Å². The lowest BCUT2D eigenvalue weighted by atomic mass is 9.96. The van der Waals surface area contributed by atoms with Crippen LogP contribution in [0.25, 0.3) is 11.3 Å². The first-order valence-electron chi connectivity index (χ1n) is 12.2. The van der Waals surface area contributed by atoms with Crippen LogP contribution in [0.3, 0.4) is 0 Å². The molecule has 0 spiro atoms. The minimum absolute atomic E-state index is 0.0527. The van der Waals surface area contributed by atoms with Crippen LogP contribution in [0.4, 0.5) is 0 Å². The van der Waals surface area contributed by atoms with Gasteiger partial charge in [-0.05, 0) is 59.2 Å². The van der Waals surface area contributed by atoms with Crippen molar-refractivity contribution >= 4 is 0 Å². The molecule has 2 unspecified atom stereocenters. The minimum atomic E-state index is -0.0527. The summed E-state index contributed by atoms with van der Waals surface area (Å²) in [5.41, 5.74) is 3.48. The summed E-state index contributed by atoms with van der Waals surface area (Å²) in [5.74, 6) is 0.884. The molecule has 2 atom stereocenters. The quantitative estimate of drug-likeness (QED) is 0.750. The molecule has 2 aromatic rings. The Morgan fingerprint density at radius 2 is 1.72 bits per heavy atom. The van der Waals surface area contributed by atoms with Gasteiger partial charge in [0.25, 0.3) is 0 Å². The number of hydrogen-bond donors (Lipinski definition) is 1. The Balaban J connectivity index is 1.48. The van der Waals surface area contributed by atoms with E-state index in [4.69, 9.17) is 5.10 Å². The van der Waals surface area contributed by atoms with Gasteiger partial charge >= 0.3 is 0 Å². The fourth-order valence-electron chi connectivity index (χ4n) is 5.14. The first-order valence-corrected chi connectivity index (χ1v) is 12.2. The number of aliphatic hydroxyl groups is 1. The zero-order chi connectivity index (χ0) is 22.7. The molecule has 2 saturated heterocycles. The van der Waals surface area contributed by atoms with Crippen LogP contribution in [0, 0.1) is 11.8 Å². The Kier molecular flexibility index (Phi) is 7.35. The third kappa shape index (κ3) is 5.60. The number of nitrogens with zero attached hydrogens (tertiary/aromatic N) is 5. The Morgan fingerprint density at radius 3 is 2.44 bits per heavy atom. The molecule has 2 aliphatic rings. The smallest absolute Gasteiger partial charge is 0.0968 e. The van der Waals surface area contributed by atoms with Crippen LogP contribution in [-0.2, 0) is 12.1 Å². The van der Waals surface area contributed by atoms with Gasteiger partial charge in [-0.25, -0.2) is 0 Å². The van der Waals surface area contributed by atoms with E-state index in [2.05, 4.69) is 83.7 Å². The van der Waals surface area contributed by atoms with Crippen molar-refractivity contribution in [1.82, 2.24) is 24.5 Å². The number of likely N-dealkylation sites (N-methyl/N-ethyl adjacent to an activating group) is 1. The largest absolute Gasteiger partial charge is 0.396 e. The monoisotopic (exact) mass is 439 g/mol. The van der Waals surface area contributed by atoms with Crippen molar-refractivity contribution in [2.24, 2.45) is 11.8 Å². The van der Waals surface area contributed by atoms with Crippen molar-refractivity contribution in [3.05, 3.63) is 42.1 Å². The molecule has 0 radical (unpaired) electrons. The SMILES string of the molecule is CN1CCCN(CC2CN(Cc3cn(C(C)(C)C)nc3-c3ccccc3)CC2CO)CC1. The van der Waals surface area contributed by atoms with Crippen LogP contribution in [0.2, 0.25) is 0 Å². The standard InChI is InChI=1S/C26H41N5O/c1-26(2,3)31-19-23(25(27-31)21-9-6-5-7-10-21)17-30-16-22(24(18-30)20-32)15-29-12-8-11-28(4)13-14-29/h5-7,9-10,19,22,24,32H,8,11-18,20H2,1-4H3. The minimum Gasteiger partial charge on any atom is -0.396 e. The van der Waals surface area contributed by atoms with Crippen molar-refractivity contribution in [3.8, 4) is 11.3 Å². The van der Waals surface area contributed by atoms with Gasteiger partial charge in [0.2, 0.25) is 0 Å². The molecule has 1 aromatic carbocycles. The van der Waals surface area contributed by atoms with Crippen LogP contribution in [0.15, 0.2) is 36.5 Å². The molecule has 2 fully saturated rings. The molecule has 32 heavy (non-hydrogen) atoms. The number of aliphatic hydroxyl groups excluding tert-OH is 1. The topological polar surface area (TPSA) is 47.8 Å². The van der Waals surface area contributed by atoms with Gasteiger partial charge in [-0.1, -0.05) is 30.3 Å². The average molecular weight is 440 g/mol. The molecule has 2 aliphatic heterocycles. The maximum atomic E-state index is 10.1. The highest BCUT2D eigenvalue weighted by Gasteiger charge is 2.34. The van der Waals surface area contributed by atoms with E-state index < -0.39 is 0 Å². The number of likely N-dealkylation sites (tertiary alicyclic amines) is 1. The highest BCUT2D eigenvalue weighted by molar-refractivity contribution is 5.62. The van der Waals surface area contributed by atoms with Crippen molar-refractivity contribution in [1.29, 1.82) is 0 Å². The van der Waals surface area contributed by atoms with Crippen molar-refractivity contribution in [2.45, 2.75) is 39.3 Å². The summed E-state index contributed by atoms with van der Waals surface area (Å²) in [5, 5.41) is 15.1. The number of aromatic nitrogens is 2. The molecule has 176 valence electrons. The predicted molar refractivity (Wildman–Crippen MR) is 131 cm³/mol. The number of rotatable bonds is 6. The number of benzene rings is 1. The Labute approximate surface area is 193 Å². The Bertz CT molecular complexity index is 859. The van der Waals surface area contributed by atoms with Gasteiger partial charge in [0.05, 0.1) is 11.2 Å². The van der Waals surface area contributed by atoms with Crippen molar-refractivity contribution in [3.63, 3.8) is 0 Å². The molecular weight excluding hydrogens is 398 g/mol. The van der Waals surface area contributed by atoms with Gasteiger partial charge in [0.1, 0.15) is 0 Å². The fourth-order valence-corrected chi connectivity index (χ4v) is 5.14. The predicted octanol–water partition coefficient (Wildman–Crippen LogP) is 2.98. The maximum Gasteiger partial charge on any atom is 0.0968 e. The summed E-state index contributed by atoms with van der Waals surface area (Å²) in [4.78, 5) is 7.59. The van der Waals surface area contributed by atoms with Gasteiger partial charge < -0.3 is 14.9 Å². The fraction of sp³-hybridized carbons (Fsp3) is 0.654. The van der Waals surface area contributed by atoms with E-state index >= 15 is 0 Å². The maximum absolute atomic E-state index is 10.1. The molecule has 1 aromatic heterocycles. The molecule has 0 amide bonds. The second-order valence-electron chi connectivity index (χ2n) is 10.8. The van der Waals surface area contributed by atoms with Crippen molar-refractivity contribution < 1.29 is 5.11 Å². The van der Waals surface area contributed by atoms with E-state index in [1.807, 2.05) is 0 Å². The molecule has 0 aliphatic carbocycles. The molecule has 6 heteroatoms. The molecule has 1 N–H and O–H groups in total. The molecule has 0 bridgehead atoms. The first kappa shape index (κ1) is 23.4. The van der Waals surface area contributed by atoms with E-state index in [0.717, 1.165) is 45.0 Å². The van der Waals surface area contributed by atoms with Crippen LogP contribution in [0.5, 0.6) is 0 Å². The third-order valence-corrected chi connectivity index (χ3v) is 7.11. The molecular formula is C26H41N5O. The van der Waals surface area contributed by atoms with Gasteiger partial charge in [-0.3, -0.25) is 9.58 Å². The summed E-state index contributed by atoms with van der Waals surface area (Å²) in [6.45, 7) is 15.5. The average Bonchev–Trinajstić information content (AvgIpc) is 3.30. The van der Waals surface area contributed by atoms with Gasteiger partial charge in [-0.15, -0.1) is 0 Å². The summed E-state index contributed by atoms with van der Waals surface area (Å²) in [7, 11) is 2.22. The number of hydrogen-bond acceptors (Lipinski definition) is 5. The summed E-state index contributed by atoms with van der Waals surface area (Å²) < 4.78 is 2.11. The van der Waals surface area contributed by atoms with Gasteiger partial charge in [-0.2, -0.15) is 5.10 Å². The molecule has 6 nitrogen and oxygen atoms in total. The zero-order valence-electron chi connectivity index (χ0n) is 20.4. The molecule has 3 heterocycles. The summed E-state index contributed by atoms with van der Waals surface area (Å²) in [6.07, 6.45) is 3.47. The summed E-state index contributed by atoms with van der Waals surface area (Å²) >= 11 is 0. The Hall–Kier alpha value is -1.73. The normalized spacial score (nSPS) is 24.2. The van der Waals surface area contributed by atoms with E-state index in [1.54, 1.807) is 0 Å². The highest BCUT2D eigenvalue weighted by atomic mass is 16.3. The zero-order valence-corrected chi connectivity index (χ0v) is 20.4. The van der Waals surface area contributed by atoms with Crippen LogP contribution >= 0.6 is 0 Å². The van der Waals surface area contributed by atoms with Gasteiger partial charge in [0.15, 0.2) is 0 Å². The van der Waals surface area contributed by atoms with E-state index in [9.17, 15) is 5.11 Å². The van der Waals surface area contributed by atoms with Crippen LogP contribution in [0.1, 0.15) is 32.8 Å². The second kappa shape index (κ2) is 10.0. The summed E-state index contributed by atoms with van der Waals surface area (Å²) in [6, 6.07) is 10.5. The lowest BCUT2D eigenvalue weighted by Gasteiger charge is -2.26. The lowest BCUT2D eigenvalue weighted by Crippen LogP contribution is -2.36. The molecule has 4 rings (SSSR count).